The van der Waals surface area contributed by atoms with E-state index in [-0.39, 0.29) is 5.50 Å². The van der Waals surface area contributed by atoms with E-state index in [1.807, 2.05) is 25.1 Å². The predicted molar refractivity (Wildman–Crippen MR) is 97.7 cm³/mol. The van der Waals surface area contributed by atoms with E-state index in [1.54, 1.807) is 0 Å². The lowest BCUT2D eigenvalue weighted by Crippen LogP contribution is -2.47. The second-order valence-electron chi connectivity index (χ2n) is 5.61. The molecule has 0 bridgehead atoms. The van der Waals surface area contributed by atoms with Crippen LogP contribution in [0.3, 0.4) is 0 Å². The van der Waals surface area contributed by atoms with Gasteiger partial charge in [-0.3, -0.25) is 5.32 Å². The number of hydrogen-bond donors (Lipinski definition) is 1. The van der Waals surface area contributed by atoms with Gasteiger partial charge in [0.05, 0.1) is 11.0 Å². The first-order chi connectivity index (χ1) is 11.2. The summed E-state index contributed by atoms with van der Waals surface area (Å²) in [6.45, 7) is 1.96. The van der Waals surface area contributed by atoms with Crippen molar-refractivity contribution in [3.63, 3.8) is 0 Å². The molecule has 2 heteroatoms. The first-order valence-corrected chi connectivity index (χ1v) is 8.25. The molecule has 116 valence electrons. The zero-order chi connectivity index (χ0) is 16.1. The van der Waals surface area contributed by atoms with Gasteiger partial charge >= 0.3 is 0 Å². The minimum Gasteiger partial charge on any atom is -0.284 e. The maximum Gasteiger partial charge on any atom is 0.0959 e. The van der Waals surface area contributed by atoms with E-state index in [4.69, 9.17) is 11.6 Å². The van der Waals surface area contributed by atoms with Crippen molar-refractivity contribution >= 4 is 11.6 Å². The standard InChI is InChI=1S/C21H20ClN/c1-17(22)23-21(18-11-5-2-6-12-18,19-13-7-3-8-14-19)20-15-9-4-10-16-20/h2-17,23H,1H3. The van der Waals surface area contributed by atoms with Gasteiger partial charge in [0.15, 0.2) is 0 Å². The van der Waals surface area contributed by atoms with Crippen molar-refractivity contribution < 1.29 is 0 Å². The Morgan fingerprint density at radius 2 is 0.957 bits per heavy atom. The first-order valence-electron chi connectivity index (χ1n) is 7.82. The molecular formula is C21H20ClN. The molecule has 0 fully saturated rings. The third-order valence-corrected chi connectivity index (χ3v) is 4.14. The van der Waals surface area contributed by atoms with Crippen molar-refractivity contribution in [1.29, 1.82) is 0 Å². The quantitative estimate of drug-likeness (QED) is 0.389. The van der Waals surface area contributed by atoms with Crippen LogP contribution in [0, 0.1) is 0 Å². The Morgan fingerprint density at radius 3 is 1.22 bits per heavy atom. The second-order valence-corrected chi connectivity index (χ2v) is 6.26. The highest BCUT2D eigenvalue weighted by Gasteiger charge is 2.36. The van der Waals surface area contributed by atoms with Gasteiger partial charge in [-0.05, 0) is 23.6 Å². The van der Waals surface area contributed by atoms with E-state index in [9.17, 15) is 0 Å². The van der Waals surface area contributed by atoms with Crippen LogP contribution in [0.5, 0.6) is 0 Å². The Bertz CT molecular complexity index is 627. The van der Waals surface area contributed by atoms with Gasteiger partial charge in [-0.15, -0.1) is 11.6 Å². The van der Waals surface area contributed by atoms with E-state index in [0.717, 1.165) is 0 Å². The fourth-order valence-corrected chi connectivity index (χ4v) is 3.28. The van der Waals surface area contributed by atoms with Crippen LogP contribution in [-0.4, -0.2) is 5.50 Å². The summed E-state index contributed by atoms with van der Waals surface area (Å²) in [7, 11) is 0. The van der Waals surface area contributed by atoms with Crippen LogP contribution in [0.15, 0.2) is 91.0 Å². The second kappa shape index (κ2) is 6.99. The van der Waals surface area contributed by atoms with Crippen molar-refractivity contribution in [3.05, 3.63) is 108 Å². The third-order valence-electron chi connectivity index (χ3n) is 4.04. The molecule has 23 heavy (non-hydrogen) atoms. The number of hydrogen-bond acceptors (Lipinski definition) is 1. The molecule has 1 nitrogen and oxygen atoms in total. The van der Waals surface area contributed by atoms with Crippen molar-refractivity contribution in [2.75, 3.05) is 0 Å². The number of benzene rings is 3. The molecule has 0 aromatic heterocycles. The number of alkyl halides is 1. The van der Waals surface area contributed by atoms with E-state index in [0.29, 0.717) is 0 Å². The summed E-state index contributed by atoms with van der Waals surface area (Å²) in [5.41, 5.74) is 2.85. The Labute approximate surface area is 142 Å². The highest BCUT2D eigenvalue weighted by Crippen LogP contribution is 2.37. The summed E-state index contributed by atoms with van der Waals surface area (Å²) in [5, 5.41) is 3.61. The molecule has 0 aliphatic heterocycles. The molecule has 0 radical (unpaired) electrons. The van der Waals surface area contributed by atoms with E-state index < -0.39 is 5.54 Å². The first kappa shape index (κ1) is 15.8. The molecule has 0 aliphatic rings. The van der Waals surface area contributed by atoms with Crippen LogP contribution in [0.4, 0.5) is 0 Å². The third kappa shape index (κ3) is 3.17. The highest BCUT2D eigenvalue weighted by molar-refractivity contribution is 6.20. The molecule has 0 heterocycles. The summed E-state index contributed by atoms with van der Waals surface area (Å²) >= 11 is 6.40. The lowest BCUT2D eigenvalue weighted by atomic mass is 9.77. The van der Waals surface area contributed by atoms with Gasteiger partial charge in [0, 0.05) is 0 Å². The molecule has 1 unspecified atom stereocenters. The monoisotopic (exact) mass is 321 g/mol. The molecule has 1 N–H and O–H groups in total. The maximum absolute atomic E-state index is 6.40. The summed E-state index contributed by atoms with van der Waals surface area (Å²) in [5.74, 6) is 0. The van der Waals surface area contributed by atoms with Crippen LogP contribution < -0.4 is 5.32 Å². The fraction of sp³-hybridized carbons (Fsp3) is 0.143. The molecular weight excluding hydrogens is 302 g/mol. The number of halogens is 1. The Hall–Kier alpha value is -2.09. The van der Waals surface area contributed by atoms with Crippen molar-refractivity contribution in [2.24, 2.45) is 0 Å². The lowest BCUT2D eigenvalue weighted by molar-refractivity contribution is 0.466. The fourth-order valence-electron chi connectivity index (χ4n) is 3.11. The summed E-state index contributed by atoms with van der Waals surface area (Å²) in [6.07, 6.45) is 0. The Balaban J connectivity index is 2.30. The average molecular weight is 322 g/mol. The summed E-state index contributed by atoms with van der Waals surface area (Å²) in [6, 6.07) is 31.4. The van der Waals surface area contributed by atoms with Crippen LogP contribution in [0.1, 0.15) is 23.6 Å². The Kier molecular flexibility index (Phi) is 4.80. The normalized spacial score (nSPS) is 12.8. The van der Waals surface area contributed by atoms with Crippen LogP contribution in [0.2, 0.25) is 0 Å². The molecule has 3 rings (SSSR count). The molecule has 0 aliphatic carbocycles. The predicted octanol–water partition coefficient (Wildman–Crippen LogP) is 5.15. The molecule has 1 atom stereocenters. The zero-order valence-corrected chi connectivity index (χ0v) is 13.9. The number of rotatable bonds is 5. The van der Waals surface area contributed by atoms with Crippen LogP contribution in [0.25, 0.3) is 0 Å². The highest BCUT2D eigenvalue weighted by atomic mass is 35.5. The van der Waals surface area contributed by atoms with Gasteiger partial charge < -0.3 is 0 Å². The summed E-state index contributed by atoms with van der Waals surface area (Å²) in [4.78, 5) is 0. The van der Waals surface area contributed by atoms with Crippen molar-refractivity contribution in [3.8, 4) is 0 Å². The van der Waals surface area contributed by atoms with Crippen molar-refractivity contribution in [2.45, 2.75) is 18.0 Å². The smallest absolute Gasteiger partial charge is 0.0959 e. The molecule has 0 saturated heterocycles. The average Bonchev–Trinajstić information content (AvgIpc) is 2.62. The van der Waals surface area contributed by atoms with E-state index in [2.05, 4.69) is 78.1 Å². The van der Waals surface area contributed by atoms with Gasteiger partial charge in [-0.1, -0.05) is 91.0 Å². The lowest BCUT2D eigenvalue weighted by Gasteiger charge is -2.38. The largest absolute Gasteiger partial charge is 0.284 e. The van der Waals surface area contributed by atoms with Gasteiger partial charge in [-0.25, -0.2) is 0 Å². The molecule has 0 spiro atoms. The summed E-state index contributed by atoms with van der Waals surface area (Å²) < 4.78 is 0. The van der Waals surface area contributed by atoms with Crippen LogP contribution in [-0.2, 0) is 5.54 Å². The van der Waals surface area contributed by atoms with Gasteiger partial charge in [0.1, 0.15) is 0 Å². The van der Waals surface area contributed by atoms with Crippen molar-refractivity contribution in [1.82, 2.24) is 5.32 Å². The van der Waals surface area contributed by atoms with Crippen LogP contribution >= 0.6 is 11.6 Å². The van der Waals surface area contributed by atoms with Gasteiger partial charge in [0.2, 0.25) is 0 Å². The molecule has 3 aromatic rings. The Morgan fingerprint density at radius 1 is 0.652 bits per heavy atom. The topological polar surface area (TPSA) is 12.0 Å². The van der Waals surface area contributed by atoms with Gasteiger partial charge in [-0.2, -0.15) is 0 Å². The molecule has 0 saturated carbocycles. The SMILES string of the molecule is CC(Cl)NC(c1ccccc1)(c1ccccc1)c1ccccc1. The molecule has 3 aromatic carbocycles. The van der Waals surface area contributed by atoms with E-state index >= 15 is 0 Å². The molecule has 0 amide bonds. The maximum atomic E-state index is 6.40. The minimum absolute atomic E-state index is 0.185. The zero-order valence-electron chi connectivity index (χ0n) is 13.1. The van der Waals surface area contributed by atoms with Gasteiger partial charge in [0.25, 0.3) is 0 Å². The number of nitrogens with one attached hydrogen (secondary N) is 1. The van der Waals surface area contributed by atoms with E-state index in [1.165, 1.54) is 16.7 Å². The minimum atomic E-state index is -0.481.